The number of nitrogens with zero attached hydrogens (tertiary/aromatic N) is 1. The Balaban J connectivity index is 1.83. The predicted molar refractivity (Wildman–Crippen MR) is 102 cm³/mol. The van der Waals surface area contributed by atoms with Crippen molar-refractivity contribution in [3.05, 3.63) is 68.7 Å². The zero-order valence-corrected chi connectivity index (χ0v) is 15.2. The van der Waals surface area contributed by atoms with Crippen molar-refractivity contribution in [3.63, 3.8) is 0 Å². The van der Waals surface area contributed by atoms with Crippen LogP contribution in [0, 0.1) is 12.7 Å². The van der Waals surface area contributed by atoms with Gasteiger partial charge in [0, 0.05) is 17.6 Å². The van der Waals surface area contributed by atoms with E-state index >= 15 is 0 Å². The molecule has 0 radical (unpaired) electrons. The lowest BCUT2D eigenvalue weighted by Crippen LogP contribution is -2.24. The number of hydrogen-bond acceptors (Lipinski definition) is 3. The van der Waals surface area contributed by atoms with Crippen molar-refractivity contribution < 1.29 is 14.3 Å². The summed E-state index contributed by atoms with van der Waals surface area (Å²) in [4.78, 5) is 25.5. The fourth-order valence-corrected chi connectivity index (χ4v) is 3.26. The number of phenols is 1. The molecular weight excluding hydrogens is 371 g/mol. The van der Waals surface area contributed by atoms with E-state index in [0.717, 1.165) is 24.5 Å². The third kappa shape index (κ3) is 3.17. The summed E-state index contributed by atoms with van der Waals surface area (Å²) in [7, 11) is 0. The fraction of sp³-hybridized carbons (Fsp3) is 0.200. The summed E-state index contributed by atoms with van der Waals surface area (Å²) in [5, 5.41) is 12.6. The Morgan fingerprint density at radius 3 is 2.70 bits per heavy atom. The van der Waals surface area contributed by atoms with Crippen LogP contribution in [0.3, 0.4) is 0 Å². The number of aryl methyl sites for hydroxylation is 1. The molecule has 0 aliphatic heterocycles. The molecule has 5 nitrogen and oxygen atoms in total. The lowest BCUT2D eigenvalue weighted by molar-refractivity contribution is 0.102. The number of carbonyl (C=O) groups excluding carboxylic acids is 1. The zero-order chi connectivity index (χ0) is 19.3. The maximum atomic E-state index is 13.9. The van der Waals surface area contributed by atoms with E-state index in [-0.39, 0.29) is 33.5 Å². The number of fused-ring (bicyclic) bond motifs is 1. The van der Waals surface area contributed by atoms with E-state index < -0.39 is 17.2 Å². The molecule has 27 heavy (non-hydrogen) atoms. The second kappa shape index (κ2) is 6.39. The largest absolute Gasteiger partial charge is 0.506 e. The Bertz CT molecular complexity index is 1150. The molecule has 4 rings (SSSR count). The maximum Gasteiger partial charge on any atom is 0.261 e. The van der Waals surface area contributed by atoms with E-state index in [1.54, 1.807) is 16.7 Å². The minimum absolute atomic E-state index is 0.0712. The number of pyridine rings is 1. The normalized spacial score (nSPS) is 13.7. The second-order valence-electron chi connectivity index (χ2n) is 6.77. The molecule has 0 unspecified atom stereocenters. The molecule has 0 bridgehead atoms. The summed E-state index contributed by atoms with van der Waals surface area (Å²) in [6, 6.07) is 7.43. The van der Waals surface area contributed by atoms with Crippen molar-refractivity contribution in [2.45, 2.75) is 25.8 Å². The van der Waals surface area contributed by atoms with E-state index in [1.165, 1.54) is 18.3 Å². The van der Waals surface area contributed by atoms with Crippen LogP contribution in [0.5, 0.6) is 5.75 Å². The standard InChI is InChI=1S/C20H16ClFN2O3/c1-10-2-5-16(18(25)6-10)23-20(27)13-9-24(11-3-4-11)17-8-14(21)15(22)7-12(17)19(13)26/h2,5-9,11,25H,3-4H2,1H3,(H,23,27). The van der Waals surface area contributed by atoms with Crippen LogP contribution in [-0.4, -0.2) is 15.6 Å². The van der Waals surface area contributed by atoms with Crippen molar-refractivity contribution >= 4 is 34.1 Å². The maximum absolute atomic E-state index is 13.9. The molecule has 1 aliphatic carbocycles. The molecule has 7 heteroatoms. The Morgan fingerprint density at radius 2 is 2.04 bits per heavy atom. The number of aromatic hydroxyl groups is 1. The predicted octanol–water partition coefficient (Wildman–Crippen LogP) is 4.40. The topological polar surface area (TPSA) is 71.3 Å². The molecule has 3 aromatic rings. The third-order valence-electron chi connectivity index (χ3n) is 4.66. The van der Waals surface area contributed by atoms with Gasteiger partial charge in [0.05, 0.1) is 16.2 Å². The Morgan fingerprint density at radius 1 is 1.30 bits per heavy atom. The zero-order valence-electron chi connectivity index (χ0n) is 14.4. The highest BCUT2D eigenvalue weighted by atomic mass is 35.5. The SMILES string of the molecule is Cc1ccc(NC(=O)c2cn(C3CC3)c3cc(Cl)c(F)cc3c2=O)c(O)c1. The van der Waals surface area contributed by atoms with Crippen molar-refractivity contribution in [2.75, 3.05) is 5.32 Å². The van der Waals surface area contributed by atoms with Gasteiger partial charge in [0.2, 0.25) is 5.43 Å². The van der Waals surface area contributed by atoms with E-state index in [9.17, 15) is 19.1 Å². The average molecular weight is 387 g/mol. The van der Waals surface area contributed by atoms with Crippen molar-refractivity contribution in [1.29, 1.82) is 0 Å². The van der Waals surface area contributed by atoms with Gasteiger partial charge in [-0.3, -0.25) is 9.59 Å². The number of benzene rings is 2. The molecule has 1 amide bonds. The summed E-state index contributed by atoms with van der Waals surface area (Å²) in [5.41, 5.74) is 0.839. The summed E-state index contributed by atoms with van der Waals surface area (Å²) >= 11 is 5.88. The Kier molecular flexibility index (Phi) is 4.15. The Labute approximate surface area is 159 Å². The van der Waals surface area contributed by atoms with Crippen LogP contribution in [0.4, 0.5) is 10.1 Å². The number of anilines is 1. The molecule has 2 N–H and O–H groups in total. The summed E-state index contributed by atoms with van der Waals surface area (Å²) in [6.07, 6.45) is 3.30. The first-order valence-electron chi connectivity index (χ1n) is 8.50. The highest BCUT2D eigenvalue weighted by Crippen LogP contribution is 2.37. The first-order chi connectivity index (χ1) is 12.8. The molecule has 1 saturated carbocycles. The lowest BCUT2D eigenvalue weighted by Gasteiger charge is -2.14. The molecule has 1 fully saturated rings. The molecule has 1 aliphatic rings. The van der Waals surface area contributed by atoms with Gasteiger partial charge in [-0.05, 0) is 49.6 Å². The summed E-state index contributed by atoms with van der Waals surface area (Å²) in [6.45, 7) is 1.81. The van der Waals surface area contributed by atoms with Gasteiger partial charge in [0.25, 0.3) is 5.91 Å². The van der Waals surface area contributed by atoms with E-state index in [2.05, 4.69) is 5.32 Å². The minimum atomic E-state index is -0.711. The number of hydrogen-bond donors (Lipinski definition) is 2. The van der Waals surface area contributed by atoms with Gasteiger partial charge < -0.3 is 15.0 Å². The van der Waals surface area contributed by atoms with Gasteiger partial charge in [-0.2, -0.15) is 0 Å². The molecule has 0 spiro atoms. The molecule has 0 atom stereocenters. The number of phenolic OH excluding ortho intramolecular Hbond substituents is 1. The molecule has 138 valence electrons. The highest BCUT2D eigenvalue weighted by Gasteiger charge is 2.27. The smallest absolute Gasteiger partial charge is 0.261 e. The van der Waals surface area contributed by atoms with Gasteiger partial charge in [-0.15, -0.1) is 0 Å². The Hall–Kier alpha value is -2.86. The monoisotopic (exact) mass is 386 g/mol. The second-order valence-corrected chi connectivity index (χ2v) is 7.18. The fourth-order valence-electron chi connectivity index (χ4n) is 3.10. The molecule has 1 aromatic heterocycles. The van der Waals surface area contributed by atoms with Gasteiger partial charge in [0.15, 0.2) is 0 Å². The van der Waals surface area contributed by atoms with E-state index in [0.29, 0.717) is 5.52 Å². The van der Waals surface area contributed by atoms with Crippen LogP contribution < -0.4 is 10.7 Å². The molecular formula is C20H16ClFN2O3. The van der Waals surface area contributed by atoms with Crippen molar-refractivity contribution in [3.8, 4) is 5.75 Å². The number of nitrogens with one attached hydrogen (secondary N) is 1. The molecule has 0 saturated heterocycles. The number of rotatable bonds is 3. The lowest BCUT2D eigenvalue weighted by atomic mass is 10.1. The van der Waals surface area contributed by atoms with Crippen LogP contribution in [0.2, 0.25) is 5.02 Å². The van der Waals surface area contributed by atoms with E-state index in [1.807, 2.05) is 6.92 Å². The van der Waals surface area contributed by atoms with Crippen molar-refractivity contribution in [2.24, 2.45) is 0 Å². The van der Waals surface area contributed by atoms with Crippen LogP contribution in [-0.2, 0) is 0 Å². The van der Waals surface area contributed by atoms with Gasteiger partial charge >= 0.3 is 0 Å². The molecule has 2 aromatic carbocycles. The number of aromatic nitrogens is 1. The third-order valence-corrected chi connectivity index (χ3v) is 4.95. The number of amides is 1. The summed E-state index contributed by atoms with van der Waals surface area (Å²) < 4.78 is 15.7. The van der Waals surface area contributed by atoms with E-state index in [4.69, 9.17) is 11.6 Å². The average Bonchev–Trinajstić information content (AvgIpc) is 3.44. The van der Waals surface area contributed by atoms with Crippen LogP contribution in [0.15, 0.2) is 41.3 Å². The summed E-state index contributed by atoms with van der Waals surface area (Å²) in [5.74, 6) is -1.47. The van der Waals surface area contributed by atoms with Gasteiger partial charge in [-0.25, -0.2) is 4.39 Å². The van der Waals surface area contributed by atoms with Crippen LogP contribution in [0.25, 0.3) is 10.9 Å². The van der Waals surface area contributed by atoms with Gasteiger partial charge in [-0.1, -0.05) is 17.7 Å². The van der Waals surface area contributed by atoms with Crippen LogP contribution in [0.1, 0.15) is 34.8 Å². The first kappa shape index (κ1) is 17.5. The molecule has 1 heterocycles. The number of carbonyl (C=O) groups is 1. The van der Waals surface area contributed by atoms with Gasteiger partial charge in [0.1, 0.15) is 17.1 Å². The minimum Gasteiger partial charge on any atom is -0.506 e. The number of halogens is 2. The quantitative estimate of drug-likeness (QED) is 0.655. The highest BCUT2D eigenvalue weighted by molar-refractivity contribution is 6.31. The van der Waals surface area contributed by atoms with Crippen LogP contribution >= 0.6 is 11.6 Å². The van der Waals surface area contributed by atoms with Crippen molar-refractivity contribution in [1.82, 2.24) is 4.57 Å². The first-order valence-corrected chi connectivity index (χ1v) is 8.88.